The molecule has 0 aromatic heterocycles. The van der Waals surface area contributed by atoms with E-state index in [9.17, 15) is 9.59 Å². The summed E-state index contributed by atoms with van der Waals surface area (Å²) in [6, 6.07) is 8.88. The maximum absolute atomic E-state index is 13.1. The molecule has 28 heavy (non-hydrogen) atoms. The van der Waals surface area contributed by atoms with Gasteiger partial charge in [-0.1, -0.05) is 38.1 Å². The van der Waals surface area contributed by atoms with E-state index in [1.807, 2.05) is 4.90 Å². The topological polar surface area (TPSA) is 75.4 Å². The van der Waals surface area contributed by atoms with Crippen LogP contribution in [0.25, 0.3) is 0 Å². The van der Waals surface area contributed by atoms with Crippen LogP contribution < -0.4 is 11.1 Å². The van der Waals surface area contributed by atoms with Gasteiger partial charge in [0.15, 0.2) is 0 Å². The van der Waals surface area contributed by atoms with Crippen LogP contribution in [-0.2, 0) is 9.59 Å². The highest BCUT2D eigenvalue weighted by Gasteiger charge is 2.47. The molecule has 1 saturated heterocycles. The maximum atomic E-state index is 13.1. The predicted molar refractivity (Wildman–Crippen MR) is 115 cm³/mol. The third-order valence-electron chi connectivity index (χ3n) is 5.96. The number of nitrogens with two attached hydrogens (primary N) is 1. The van der Waals surface area contributed by atoms with E-state index >= 15 is 0 Å². The Hall–Kier alpha value is -1.59. The lowest BCUT2D eigenvalue weighted by molar-refractivity contribution is -0.137. The second kappa shape index (κ2) is 10.3. The van der Waals surface area contributed by atoms with Crippen molar-refractivity contribution in [3.05, 3.63) is 35.4 Å². The van der Waals surface area contributed by atoms with Crippen LogP contribution >= 0.6 is 12.4 Å². The van der Waals surface area contributed by atoms with Gasteiger partial charge in [0.05, 0.1) is 0 Å². The van der Waals surface area contributed by atoms with E-state index in [1.165, 1.54) is 11.1 Å². The van der Waals surface area contributed by atoms with E-state index in [-0.39, 0.29) is 36.2 Å². The van der Waals surface area contributed by atoms with Gasteiger partial charge in [-0.2, -0.15) is 0 Å². The molecule has 5 nitrogen and oxygen atoms in total. The zero-order valence-corrected chi connectivity index (χ0v) is 17.8. The number of hydrogen-bond acceptors (Lipinski definition) is 3. The Morgan fingerprint density at radius 3 is 2.57 bits per heavy atom. The Morgan fingerprint density at radius 1 is 1.21 bits per heavy atom. The Balaban J connectivity index is 0.00000280. The molecule has 1 aromatic carbocycles. The first-order valence-corrected chi connectivity index (χ1v) is 10.4. The highest BCUT2D eigenvalue weighted by molar-refractivity contribution is 5.85. The molecular formula is C22H34ClN3O2. The molecule has 2 fully saturated rings. The summed E-state index contributed by atoms with van der Waals surface area (Å²) in [5.74, 6) is 1.23. The summed E-state index contributed by atoms with van der Waals surface area (Å²) in [6.07, 6.45) is 4.43. The van der Waals surface area contributed by atoms with Crippen molar-refractivity contribution in [1.29, 1.82) is 0 Å². The zero-order chi connectivity index (χ0) is 19.4. The Kier molecular flexibility index (Phi) is 8.32. The third-order valence-corrected chi connectivity index (χ3v) is 5.96. The normalized spacial score (nSPS) is 23.9. The van der Waals surface area contributed by atoms with Crippen molar-refractivity contribution in [2.24, 2.45) is 11.7 Å². The van der Waals surface area contributed by atoms with Crippen molar-refractivity contribution >= 4 is 24.2 Å². The maximum Gasteiger partial charge on any atom is 0.226 e. The van der Waals surface area contributed by atoms with Crippen molar-refractivity contribution < 1.29 is 9.59 Å². The smallest absolute Gasteiger partial charge is 0.226 e. The van der Waals surface area contributed by atoms with Gasteiger partial charge in [0.2, 0.25) is 11.8 Å². The summed E-state index contributed by atoms with van der Waals surface area (Å²) in [4.78, 5) is 26.8. The number of benzene rings is 1. The summed E-state index contributed by atoms with van der Waals surface area (Å²) < 4.78 is 0. The first kappa shape index (κ1) is 22.7. The van der Waals surface area contributed by atoms with Gasteiger partial charge in [0, 0.05) is 38.0 Å². The van der Waals surface area contributed by atoms with Crippen LogP contribution in [0.3, 0.4) is 0 Å². The van der Waals surface area contributed by atoms with E-state index in [2.05, 4.69) is 43.4 Å². The van der Waals surface area contributed by atoms with Gasteiger partial charge < -0.3 is 16.0 Å². The van der Waals surface area contributed by atoms with Crippen LogP contribution in [0.1, 0.15) is 68.9 Å². The molecule has 0 radical (unpaired) electrons. The molecule has 3 rings (SSSR count). The number of piperidine rings is 1. The molecule has 1 heterocycles. The second-order valence-corrected chi connectivity index (χ2v) is 8.29. The Morgan fingerprint density at radius 2 is 1.93 bits per heavy atom. The molecule has 0 bridgehead atoms. The number of amides is 2. The average molecular weight is 408 g/mol. The number of halogens is 1. The summed E-state index contributed by atoms with van der Waals surface area (Å²) >= 11 is 0. The molecule has 1 aromatic rings. The number of nitrogens with zero attached hydrogens (tertiary/aromatic N) is 1. The third kappa shape index (κ3) is 5.48. The summed E-state index contributed by atoms with van der Waals surface area (Å²) in [6.45, 7) is 6.11. The van der Waals surface area contributed by atoms with Crippen LogP contribution in [-0.4, -0.2) is 42.4 Å². The van der Waals surface area contributed by atoms with Gasteiger partial charge in [0.25, 0.3) is 0 Å². The monoisotopic (exact) mass is 407 g/mol. The number of nitrogens with one attached hydrogen (secondary N) is 1. The fraction of sp³-hybridized carbons (Fsp3) is 0.636. The van der Waals surface area contributed by atoms with Crippen molar-refractivity contribution in [3.63, 3.8) is 0 Å². The van der Waals surface area contributed by atoms with Gasteiger partial charge in [0.1, 0.15) is 0 Å². The molecule has 2 aliphatic rings. The van der Waals surface area contributed by atoms with Crippen LogP contribution in [0.5, 0.6) is 0 Å². The molecule has 6 heteroatoms. The van der Waals surface area contributed by atoms with Gasteiger partial charge in [-0.25, -0.2) is 0 Å². The highest BCUT2D eigenvalue weighted by atomic mass is 35.5. The van der Waals surface area contributed by atoms with Crippen LogP contribution in [0.2, 0.25) is 0 Å². The fourth-order valence-electron chi connectivity index (χ4n) is 4.13. The second-order valence-electron chi connectivity index (χ2n) is 8.29. The van der Waals surface area contributed by atoms with Gasteiger partial charge in [-0.15, -0.1) is 12.4 Å². The summed E-state index contributed by atoms with van der Waals surface area (Å²) in [7, 11) is 0. The van der Waals surface area contributed by atoms with Crippen molar-refractivity contribution in [2.75, 3.05) is 19.6 Å². The lowest BCUT2D eigenvalue weighted by Gasteiger charge is -2.36. The molecule has 1 aliphatic carbocycles. The summed E-state index contributed by atoms with van der Waals surface area (Å²) in [5, 5.41) is 2.94. The molecule has 3 N–H and O–H groups in total. The molecule has 156 valence electrons. The summed E-state index contributed by atoms with van der Waals surface area (Å²) in [5.41, 5.74) is 8.05. The minimum Gasteiger partial charge on any atom is -0.354 e. The SMILES string of the molecule is CC(C)c1ccc(C2CC2C(=O)N2CCCCC2CNC(=O)CCN)cc1.Cl. The molecule has 1 aliphatic heterocycles. The Bertz CT molecular complexity index is 662. The zero-order valence-electron chi connectivity index (χ0n) is 17.0. The van der Waals surface area contributed by atoms with Crippen LogP contribution in [0.4, 0.5) is 0 Å². The minimum atomic E-state index is -0.0231. The first-order chi connectivity index (χ1) is 13.0. The standard InChI is InChI=1S/C22H33N3O2.ClH/c1-15(2)16-6-8-17(9-7-16)19-13-20(19)22(27)25-12-4-3-5-18(25)14-24-21(26)10-11-23;/h6-9,15,18-20H,3-5,10-14,23H2,1-2H3,(H,24,26);1H. The molecule has 0 spiro atoms. The Labute approximate surface area is 174 Å². The van der Waals surface area contributed by atoms with Gasteiger partial charge in [-0.3, -0.25) is 9.59 Å². The lowest BCUT2D eigenvalue weighted by Crippen LogP contribution is -2.50. The largest absolute Gasteiger partial charge is 0.354 e. The van der Waals surface area contributed by atoms with E-state index in [1.54, 1.807) is 0 Å². The minimum absolute atomic E-state index is 0. The molecule has 3 unspecified atom stereocenters. The van der Waals surface area contributed by atoms with Crippen molar-refractivity contribution in [2.45, 2.75) is 63.8 Å². The van der Waals surface area contributed by atoms with Crippen molar-refractivity contribution in [3.8, 4) is 0 Å². The number of carbonyl (C=O) groups is 2. The van der Waals surface area contributed by atoms with Crippen LogP contribution in [0, 0.1) is 5.92 Å². The van der Waals surface area contributed by atoms with E-state index < -0.39 is 0 Å². The van der Waals surface area contributed by atoms with Gasteiger partial charge in [-0.05, 0) is 48.6 Å². The van der Waals surface area contributed by atoms with Crippen molar-refractivity contribution in [1.82, 2.24) is 10.2 Å². The molecular weight excluding hydrogens is 374 g/mol. The molecule has 1 saturated carbocycles. The van der Waals surface area contributed by atoms with Crippen LogP contribution in [0.15, 0.2) is 24.3 Å². The van der Waals surface area contributed by atoms with E-state index in [0.29, 0.717) is 31.3 Å². The highest BCUT2D eigenvalue weighted by Crippen LogP contribution is 2.49. The predicted octanol–water partition coefficient (Wildman–Crippen LogP) is 3.18. The van der Waals surface area contributed by atoms with E-state index in [4.69, 9.17) is 5.73 Å². The number of carbonyl (C=O) groups excluding carboxylic acids is 2. The van der Waals surface area contributed by atoms with E-state index in [0.717, 1.165) is 32.2 Å². The number of rotatable bonds is 7. The average Bonchev–Trinajstić information content (AvgIpc) is 3.47. The van der Waals surface area contributed by atoms with Gasteiger partial charge >= 0.3 is 0 Å². The molecule has 3 atom stereocenters. The number of likely N-dealkylation sites (tertiary alicyclic amines) is 1. The first-order valence-electron chi connectivity index (χ1n) is 10.4. The fourth-order valence-corrected chi connectivity index (χ4v) is 4.13. The lowest BCUT2D eigenvalue weighted by atomic mass is 9.98. The quantitative estimate of drug-likeness (QED) is 0.728. The molecule has 2 amide bonds. The number of hydrogen-bond donors (Lipinski definition) is 2.